The molecule has 5 rings (SSSR count). The van der Waals surface area contributed by atoms with E-state index in [4.69, 9.17) is 9.97 Å². The molecule has 0 aliphatic carbocycles. The van der Waals surface area contributed by atoms with Crippen LogP contribution in [0.2, 0.25) is 0 Å². The maximum atomic E-state index is 4.84. The Morgan fingerprint density at radius 3 is 2.57 bits per heavy atom. The third kappa shape index (κ3) is 3.17. The lowest BCUT2D eigenvalue weighted by molar-refractivity contribution is -0.914. The van der Waals surface area contributed by atoms with Crippen LogP contribution in [0, 0.1) is 20.8 Å². The van der Waals surface area contributed by atoms with Gasteiger partial charge in [0.15, 0.2) is 0 Å². The number of quaternary nitrogens is 1. The minimum atomic E-state index is 0.869. The van der Waals surface area contributed by atoms with E-state index in [0.29, 0.717) is 0 Å². The fraction of sp³-hybridized carbons (Fsp3) is 0.381. The highest BCUT2D eigenvalue weighted by molar-refractivity contribution is 7.19. The summed E-state index contributed by atoms with van der Waals surface area (Å²) in [5, 5.41) is 2.50. The SMILES string of the molecule is Cc1nc(N2CC[NH+](Cc3nc4ccccc4s3)CC2)c2c(C)c(C)sc2n1. The van der Waals surface area contributed by atoms with Crippen LogP contribution < -0.4 is 9.80 Å². The zero-order chi connectivity index (χ0) is 19.3. The first kappa shape index (κ1) is 18.0. The van der Waals surface area contributed by atoms with Crippen molar-refractivity contribution in [1.29, 1.82) is 0 Å². The Hall–Kier alpha value is -2.09. The lowest BCUT2D eigenvalue weighted by Crippen LogP contribution is -3.13. The highest BCUT2D eigenvalue weighted by Gasteiger charge is 2.25. The number of hydrogen-bond donors (Lipinski definition) is 1. The second-order valence-corrected chi connectivity index (χ2v) is 9.87. The lowest BCUT2D eigenvalue weighted by atomic mass is 10.2. The molecule has 1 aliphatic rings. The van der Waals surface area contributed by atoms with Gasteiger partial charge in [-0.25, -0.2) is 15.0 Å². The van der Waals surface area contributed by atoms with Crippen LogP contribution in [0.15, 0.2) is 24.3 Å². The molecule has 4 aromatic rings. The van der Waals surface area contributed by atoms with E-state index < -0.39 is 0 Å². The average molecular weight is 411 g/mol. The van der Waals surface area contributed by atoms with E-state index in [-0.39, 0.29) is 0 Å². The first-order valence-electron chi connectivity index (χ1n) is 9.76. The van der Waals surface area contributed by atoms with E-state index in [9.17, 15) is 0 Å². The number of nitrogens with zero attached hydrogens (tertiary/aromatic N) is 4. The van der Waals surface area contributed by atoms with Gasteiger partial charge in [0, 0.05) is 4.88 Å². The lowest BCUT2D eigenvalue weighted by Gasteiger charge is -2.33. The largest absolute Gasteiger partial charge is 0.345 e. The Bertz CT molecular complexity index is 1120. The summed E-state index contributed by atoms with van der Waals surface area (Å²) in [7, 11) is 0. The van der Waals surface area contributed by atoms with Gasteiger partial charge in [0.05, 0.1) is 41.8 Å². The Labute approximate surface area is 172 Å². The second kappa shape index (κ2) is 7.06. The van der Waals surface area contributed by atoms with Crippen molar-refractivity contribution < 1.29 is 4.90 Å². The van der Waals surface area contributed by atoms with Crippen molar-refractivity contribution in [1.82, 2.24) is 15.0 Å². The highest BCUT2D eigenvalue weighted by Crippen LogP contribution is 2.34. The van der Waals surface area contributed by atoms with Crippen LogP contribution in [0.4, 0.5) is 5.82 Å². The van der Waals surface area contributed by atoms with E-state index in [1.54, 1.807) is 16.2 Å². The van der Waals surface area contributed by atoms with Gasteiger partial charge in [0.2, 0.25) is 0 Å². The molecule has 0 atom stereocenters. The zero-order valence-electron chi connectivity index (χ0n) is 16.5. The Balaban J connectivity index is 1.34. The number of fused-ring (bicyclic) bond motifs is 2. The van der Waals surface area contributed by atoms with Gasteiger partial charge in [-0.1, -0.05) is 12.1 Å². The van der Waals surface area contributed by atoms with Gasteiger partial charge < -0.3 is 9.80 Å². The van der Waals surface area contributed by atoms with Crippen molar-refractivity contribution in [2.24, 2.45) is 0 Å². The van der Waals surface area contributed by atoms with E-state index in [1.165, 1.54) is 25.5 Å². The number of aromatic nitrogens is 3. The van der Waals surface area contributed by atoms with E-state index >= 15 is 0 Å². The second-order valence-electron chi connectivity index (χ2n) is 7.55. The van der Waals surface area contributed by atoms with Gasteiger partial charge in [-0.3, -0.25) is 0 Å². The van der Waals surface area contributed by atoms with Crippen molar-refractivity contribution >= 4 is 48.9 Å². The minimum Gasteiger partial charge on any atom is -0.345 e. The highest BCUT2D eigenvalue weighted by atomic mass is 32.1. The molecule has 0 radical (unpaired) electrons. The summed E-state index contributed by atoms with van der Waals surface area (Å²) in [6.45, 7) is 11.7. The molecule has 5 nitrogen and oxygen atoms in total. The maximum Gasteiger partial charge on any atom is 0.148 e. The van der Waals surface area contributed by atoms with Crippen molar-refractivity contribution in [3.8, 4) is 0 Å². The summed E-state index contributed by atoms with van der Waals surface area (Å²) in [6.07, 6.45) is 0. The molecule has 1 fully saturated rings. The fourth-order valence-electron chi connectivity index (χ4n) is 3.98. The van der Waals surface area contributed by atoms with Gasteiger partial charge in [0.25, 0.3) is 0 Å². The summed E-state index contributed by atoms with van der Waals surface area (Å²) >= 11 is 3.62. The number of aryl methyl sites for hydroxylation is 3. The Morgan fingerprint density at radius 1 is 1.00 bits per heavy atom. The summed E-state index contributed by atoms with van der Waals surface area (Å²) in [6, 6.07) is 8.43. The smallest absolute Gasteiger partial charge is 0.148 e. The molecule has 0 spiro atoms. The van der Waals surface area contributed by atoms with Crippen LogP contribution in [-0.4, -0.2) is 41.1 Å². The number of piperazine rings is 1. The van der Waals surface area contributed by atoms with E-state index in [0.717, 1.165) is 54.7 Å². The quantitative estimate of drug-likeness (QED) is 0.564. The Kier molecular flexibility index (Phi) is 4.53. The number of para-hydroxylation sites is 1. The number of thiazole rings is 1. The average Bonchev–Trinajstić information content (AvgIpc) is 3.22. The number of nitrogens with one attached hydrogen (secondary N) is 1. The summed E-state index contributed by atoms with van der Waals surface area (Å²) in [4.78, 5) is 20.9. The van der Waals surface area contributed by atoms with Crippen molar-refractivity contribution in [3.05, 3.63) is 45.5 Å². The Morgan fingerprint density at radius 2 is 1.79 bits per heavy atom. The van der Waals surface area contributed by atoms with E-state index in [1.807, 2.05) is 18.3 Å². The number of rotatable bonds is 3. The topological polar surface area (TPSA) is 46.4 Å². The normalized spacial score (nSPS) is 15.8. The van der Waals surface area contributed by atoms with Gasteiger partial charge >= 0.3 is 0 Å². The van der Waals surface area contributed by atoms with Gasteiger partial charge in [-0.05, 0) is 38.5 Å². The number of anilines is 1. The molecule has 1 N–H and O–H groups in total. The molecule has 144 valence electrons. The molecule has 3 aromatic heterocycles. The van der Waals surface area contributed by atoms with E-state index in [2.05, 4.69) is 48.0 Å². The summed E-state index contributed by atoms with van der Waals surface area (Å²) in [5.41, 5.74) is 2.46. The third-order valence-corrected chi connectivity index (χ3v) is 7.77. The predicted octanol–water partition coefficient (Wildman–Crippen LogP) is 3.13. The molecule has 28 heavy (non-hydrogen) atoms. The first-order chi connectivity index (χ1) is 13.6. The van der Waals surface area contributed by atoms with Crippen molar-refractivity contribution in [3.63, 3.8) is 0 Å². The molecular formula is C21H24N5S2+. The predicted molar refractivity (Wildman–Crippen MR) is 118 cm³/mol. The van der Waals surface area contributed by atoms with Gasteiger partial charge in [-0.2, -0.15) is 0 Å². The molecular weight excluding hydrogens is 386 g/mol. The molecule has 1 aromatic carbocycles. The van der Waals surface area contributed by atoms with Crippen LogP contribution in [-0.2, 0) is 6.54 Å². The first-order valence-corrected chi connectivity index (χ1v) is 11.4. The minimum absolute atomic E-state index is 0.869. The number of hydrogen-bond acceptors (Lipinski definition) is 6. The van der Waals surface area contributed by atoms with Crippen LogP contribution in [0.5, 0.6) is 0 Å². The molecule has 0 saturated carbocycles. The van der Waals surface area contributed by atoms with Crippen LogP contribution in [0.25, 0.3) is 20.4 Å². The zero-order valence-corrected chi connectivity index (χ0v) is 18.1. The molecule has 0 bridgehead atoms. The fourth-order valence-corrected chi connectivity index (χ4v) is 6.09. The van der Waals surface area contributed by atoms with Crippen LogP contribution >= 0.6 is 22.7 Å². The van der Waals surface area contributed by atoms with Crippen LogP contribution in [0.1, 0.15) is 21.3 Å². The third-order valence-electron chi connectivity index (χ3n) is 5.63. The monoisotopic (exact) mass is 410 g/mol. The summed E-state index contributed by atoms with van der Waals surface area (Å²) < 4.78 is 1.29. The molecule has 4 heterocycles. The van der Waals surface area contributed by atoms with Crippen molar-refractivity contribution in [2.75, 3.05) is 31.1 Å². The number of benzene rings is 1. The standard InChI is InChI=1S/C21H23N5S2/c1-13-14(2)27-21-19(13)20(22-15(3)23-21)26-10-8-25(9-11-26)12-18-24-16-6-4-5-7-17(16)28-18/h4-7H,8-12H2,1-3H3/p+1. The van der Waals surface area contributed by atoms with Crippen molar-refractivity contribution in [2.45, 2.75) is 27.3 Å². The van der Waals surface area contributed by atoms with Gasteiger partial charge in [-0.15, -0.1) is 22.7 Å². The molecule has 0 unspecified atom stereocenters. The molecule has 1 saturated heterocycles. The van der Waals surface area contributed by atoms with Gasteiger partial charge in [0.1, 0.15) is 28.0 Å². The van der Waals surface area contributed by atoms with Crippen LogP contribution in [0.3, 0.4) is 0 Å². The number of thiophene rings is 1. The molecule has 1 aliphatic heterocycles. The maximum absolute atomic E-state index is 4.84. The summed E-state index contributed by atoms with van der Waals surface area (Å²) in [5.74, 6) is 2.00. The molecule has 0 amide bonds. The molecule has 7 heteroatoms.